The summed E-state index contributed by atoms with van der Waals surface area (Å²) in [6.45, 7) is 0.198. The summed E-state index contributed by atoms with van der Waals surface area (Å²) in [6.07, 6.45) is 2.72. The number of anilines is 1. The number of hydrogen-bond donors (Lipinski definition) is 1. The third-order valence-electron chi connectivity index (χ3n) is 5.27. The Morgan fingerprint density at radius 3 is 2.52 bits per heavy atom. The number of nitrogens with zero attached hydrogens (tertiary/aromatic N) is 1. The van der Waals surface area contributed by atoms with Gasteiger partial charge in [-0.1, -0.05) is 82.1 Å². The Balaban J connectivity index is 1.65. The number of ketones is 1. The Labute approximate surface area is 193 Å². The molecule has 1 aliphatic rings. The summed E-state index contributed by atoms with van der Waals surface area (Å²) >= 11 is 9.69. The van der Waals surface area contributed by atoms with E-state index in [1.165, 1.54) is 11.0 Å². The Kier molecular flexibility index (Phi) is 6.10. The third-order valence-corrected chi connectivity index (χ3v) is 6.13. The molecule has 31 heavy (non-hydrogen) atoms. The van der Waals surface area contributed by atoms with E-state index < -0.39 is 11.5 Å². The molecule has 0 fully saturated rings. The van der Waals surface area contributed by atoms with E-state index in [9.17, 15) is 14.7 Å². The molecule has 0 aliphatic carbocycles. The zero-order chi connectivity index (χ0) is 22.0. The van der Waals surface area contributed by atoms with Crippen LogP contribution >= 0.6 is 27.5 Å². The van der Waals surface area contributed by atoms with Crippen molar-refractivity contribution in [2.75, 3.05) is 4.90 Å². The monoisotopic (exact) mass is 495 g/mol. The van der Waals surface area contributed by atoms with Crippen LogP contribution in [0.15, 0.2) is 83.3 Å². The second-order valence-electron chi connectivity index (χ2n) is 7.39. The average molecular weight is 497 g/mol. The van der Waals surface area contributed by atoms with Gasteiger partial charge in [-0.2, -0.15) is 0 Å². The lowest BCUT2D eigenvalue weighted by Gasteiger charge is -2.22. The molecule has 4 rings (SSSR count). The fourth-order valence-corrected chi connectivity index (χ4v) is 4.27. The molecule has 0 aromatic heterocycles. The van der Waals surface area contributed by atoms with Crippen molar-refractivity contribution in [2.45, 2.75) is 18.6 Å². The quantitative estimate of drug-likeness (QED) is 0.458. The summed E-state index contributed by atoms with van der Waals surface area (Å²) in [5.41, 5.74) is 0.643. The van der Waals surface area contributed by atoms with Crippen molar-refractivity contribution in [1.29, 1.82) is 0 Å². The molecule has 1 atom stereocenters. The minimum absolute atomic E-state index is 0.198. The average Bonchev–Trinajstić information content (AvgIpc) is 2.96. The summed E-state index contributed by atoms with van der Waals surface area (Å²) in [5.74, 6) is -0.882. The Bertz CT molecular complexity index is 1180. The Hall–Kier alpha value is -2.73. The minimum atomic E-state index is -1.95. The van der Waals surface area contributed by atoms with Gasteiger partial charge in [0.2, 0.25) is 0 Å². The number of allylic oxidation sites excluding steroid dienone is 1. The van der Waals surface area contributed by atoms with Crippen LogP contribution in [-0.2, 0) is 21.7 Å². The summed E-state index contributed by atoms with van der Waals surface area (Å²) in [7, 11) is 0. The van der Waals surface area contributed by atoms with Crippen molar-refractivity contribution in [1.82, 2.24) is 0 Å². The predicted molar refractivity (Wildman–Crippen MR) is 126 cm³/mol. The van der Waals surface area contributed by atoms with Gasteiger partial charge in [0, 0.05) is 15.1 Å². The number of amides is 1. The van der Waals surface area contributed by atoms with Crippen molar-refractivity contribution in [3.8, 4) is 0 Å². The summed E-state index contributed by atoms with van der Waals surface area (Å²) in [6, 6.07) is 21.9. The van der Waals surface area contributed by atoms with E-state index >= 15 is 0 Å². The number of aliphatic hydroxyl groups is 1. The Morgan fingerprint density at radius 1 is 1.06 bits per heavy atom. The number of carbonyl (C=O) groups excluding carboxylic acids is 2. The standard InChI is InChI=1S/C25H19BrClNO3/c26-19-11-13-23-21(14-19)25(31,15-20(29)12-10-17-6-2-1-3-7-17)24(30)28(23)16-18-8-4-5-9-22(18)27/h1-14,31H,15-16H2/b12-10+/t25-/m1/s1. The number of carbonyl (C=O) groups is 2. The first-order valence-corrected chi connectivity index (χ1v) is 10.9. The van der Waals surface area contributed by atoms with Gasteiger partial charge in [0.05, 0.1) is 18.7 Å². The van der Waals surface area contributed by atoms with Crippen molar-refractivity contribution in [3.63, 3.8) is 0 Å². The number of benzene rings is 3. The third kappa shape index (κ3) is 4.35. The number of hydrogen-bond acceptors (Lipinski definition) is 3. The molecule has 0 radical (unpaired) electrons. The van der Waals surface area contributed by atoms with Crippen LogP contribution in [0.2, 0.25) is 5.02 Å². The topological polar surface area (TPSA) is 57.6 Å². The molecule has 3 aromatic rings. The van der Waals surface area contributed by atoms with Crippen molar-refractivity contribution < 1.29 is 14.7 Å². The zero-order valence-corrected chi connectivity index (χ0v) is 18.8. The van der Waals surface area contributed by atoms with Gasteiger partial charge in [0.25, 0.3) is 5.91 Å². The van der Waals surface area contributed by atoms with Gasteiger partial charge in [-0.25, -0.2) is 0 Å². The van der Waals surface area contributed by atoms with Crippen LogP contribution in [0.3, 0.4) is 0 Å². The van der Waals surface area contributed by atoms with Crippen LogP contribution in [-0.4, -0.2) is 16.8 Å². The van der Waals surface area contributed by atoms with E-state index in [1.54, 1.807) is 30.3 Å². The first-order chi connectivity index (χ1) is 14.9. The molecular formula is C25H19BrClNO3. The van der Waals surface area contributed by atoms with E-state index in [2.05, 4.69) is 15.9 Å². The molecule has 0 bridgehead atoms. The van der Waals surface area contributed by atoms with Gasteiger partial charge < -0.3 is 10.0 Å². The SMILES string of the molecule is O=C(/C=C/c1ccccc1)C[C@]1(O)C(=O)N(Cc2ccccc2Cl)c2ccc(Br)cc21. The maximum Gasteiger partial charge on any atom is 0.264 e. The largest absolute Gasteiger partial charge is 0.375 e. The van der Waals surface area contributed by atoms with Gasteiger partial charge >= 0.3 is 0 Å². The smallest absolute Gasteiger partial charge is 0.264 e. The van der Waals surface area contributed by atoms with Crippen molar-refractivity contribution >= 4 is 51.0 Å². The molecule has 0 saturated heterocycles. The molecule has 0 spiro atoms. The van der Waals surface area contributed by atoms with E-state index in [0.29, 0.717) is 20.7 Å². The van der Waals surface area contributed by atoms with Crippen molar-refractivity contribution in [2.24, 2.45) is 0 Å². The van der Waals surface area contributed by atoms with Crippen LogP contribution < -0.4 is 4.90 Å². The molecule has 1 heterocycles. The molecular weight excluding hydrogens is 478 g/mol. The van der Waals surface area contributed by atoms with Crippen molar-refractivity contribution in [3.05, 3.63) is 105 Å². The summed E-state index contributed by atoms with van der Waals surface area (Å²) in [4.78, 5) is 27.5. The first-order valence-electron chi connectivity index (χ1n) is 9.72. The van der Waals surface area contributed by atoms with Gasteiger partial charge in [-0.3, -0.25) is 9.59 Å². The molecule has 0 saturated carbocycles. The summed E-state index contributed by atoms with van der Waals surface area (Å²) < 4.78 is 0.712. The predicted octanol–water partition coefficient (Wildman–Crippen LogP) is 5.51. The lowest BCUT2D eigenvalue weighted by Crippen LogP contribution is -2.41. The normalized spacial score (nSPS) is 17.9. The van der Waals surface area contributed by atoms with E-state index in [4.69, 9.17) is 11.6 Å². The van der Waals surface area contributed by atoms with Gasteiger partial charge in [0.15, 0.2) is 11.4 Å². The maximum absolute atomic E-state index is 13.4. The maximum atomic E-state index is 13.4. The first kappa shape index (κ1) is 21.5. The van der Waals surface area contributed by atoms with Gasteiger partial charge in [0.1, 0.15) is 0 Å². The highest BCUT2D eigenvalue weighted by Crippen LogP contribution is 2.44. The molecule has 3 aromatic carbocycles. The molecule has 0 unspecified atom stereocenters. The minimum Gasteiger partial charge on any atom is -0.375 e. The highest BCUT2D eigenvalue weighted by molar-refractivity contribution is 9.10. The fourth-order valence-electron chi connectivity index (χ4n) is 3.71. The van der Waals surface area contributed by atoms with Crippen LogP contribution in [0.5, 0.6) is 0 Å². The van der Waals surface area contributed by atoms with Gasteiger partial charge in [-0.15, -0.1) is 0 Å². The second kappa shape index (κ2) is 8.79. The molecule has 1 N–H and O–H groups in total. The van der Waals surface area contributed by atoms with E-state index in [0.717, 1.165) is 11.1 Å². The van der Waals surface area contributed by atoms with Crippen LogP contribution in [0.1, 0.15) is 23.1 Å². The number of fused-ring (bicyclic) bond motifs is 1. The van der Waals surface area contributed by atoms with Gasteiger partial charge in [-0.05, 0) is 41.5 Å². The number of rotatable bonds is 6. The summed E-state index contributed by atoms with van der Waals surface area (Å²) in [5, 5.41) is 12.0. The molecule has 4 nitrogen and oxygen atoms in total. The molecule has 1 amide bonds. The van der Waals surface area contributed by atoms with Crippen LogP contribution in [0.4, 0.5) is 5.69 Å². The van der Waals surface area contributed by atoms with Crippen LogP contribution in [0.25, 0.3) is 6.08 Å². The second-order valence-corrected chi connectivity index (χ2v) is 8.71. The van der Waals surface area contributed by atoms with E-state index in [1.807, 2.05) is 48.5 Å². The lowest BCUT2D eigenvalue weighted by molar-refractivity contribution is -0.140. The zero-order valence-electron chi connectivity index (χ0n) is 16.5. The highest BCUT2D eigenvalue weighted by Gasteiger charge is 2.50. The van der Waals surface area contributed by atoms with Crippen LogP contribution in [0, 0.1) is 0 Å². The highest BCUT2D eigenvalue weighted by atomic mass is 79.9. The lowest BCUT2D eigenvalue weighted by atomic mass is 9.89. The molecule has 1 aliphatic heterocycles. The van der Waals surface area contributed by atoms with E-state index in [-0.39, 0.29) is 18.7 Å². The fraction of sp³-hybridized carbons (Fsp3) is 0.120. The molecule has 156 valence electrons. The Morgan fingerprint density at radius 2 is 1.77 bits per heavy atom. The number of halogens is 2. The molecule has 6 heteroatoms.